The lowest BCUT2D eigenvalue weighted by molar-refractivity contribution is -0.0601. The molecule has 0 unspecified atom stereocenters. The summed E-state index contributed by atoms with van der Waals surface area (Å²) in [5.41, 5.74) is -0.571. The Kier molecular flexibility index (Phi) is 7.88. The molecule has 0 radical (unpaired) electrons. The molecule has 162 valence electrons. The summed E-state index contributed by atoms with van der Waals surface area (Å²) in [5, 5.41) is 0. The normalized spacial score (nSPS) is 17.8. The van der Waals surface area contributed by atoms with E-state index in [2.05, 4.69) is 27.7 Å². The number of rotatable bonds is 9. The van der Waals surface area contributed by atoms with Crippen molar-refractivity contribution in [2.24, 2.45) is 0 Å². The maximum Gasteiger partial charge on any atom is 0.497 e. The first kappa shape index (κ1) is 23.8. The van der Waals surface area contributed by atoms with E-state index in [0.717, 1.165) is 25.7 Å². The zero-order valence-corrected chi connectivity index (χ0v) is 19.0. The Morgan fingerprint density at radius 3 is 1.93 bits per heavy atom. The van der Waals surface area contributed by atoms with Gasteiger partial charge in [-0.05, 0) is 45.8 Å². The Morgan fingerprint density at radius 2 is 1.48 bits per heavy atom. The van der Waals surface area contributed by atoms with Crippen LogP contribution >= 0.6 is 0 Å². The zero-order valence-electron chi connectivity index (χ0n) is 19.0. The molecule has 1 amide bonds. The van der Waals surface area contributed by atoms with Gasteiger partial charge in [-0.1, -0.05) is 39.8 Å². The van der Waals surface area contributed by atoms with E-state index in [1.807, 2.05) is 19.0 Å². The lowest BCUT2D eigenvalue weighted by Crippen LogP contribution is -2.50. The predicted molar refractivity (Wildman–Crippen MR) is 116 cm³/mol. The second-order valence-corrected chi connectivity index (χ2v) is 8.21. The van der Waals surface area contributed by atoms with Crippen LogP contribution in [0.25, 0.3) is 0 Å². The molecule has 0 atom stereocenters. The van der Waals surface area contributed by atoms with Crippen molar-refractivity contribution < 1.29 is 18.5 Å². The summed E-state index contributed by atoms with van der Waals surface area (Å²) < 4.78 is 28.2. The third-order valence-electron chi connectivity index (χ3n) is 6.52. The number of carbonyl (C=O) groups excluding carboxylic acids is 1. The van der Waals surface area contributed by atoms with Crippen molar-refractivity contribution in [3.05, 3.63) is 29.6 Å². The van der Waals surface area contributed by atoms with Crippen LogP contribution in [0, 0.1) is 5.82 Å². The average Bonchev–Trinajstić information content (AvgIpc) is 3.06. The molecule has 1 heterocycles. The van der Waals surface area contributed by atoms with Gasteiger partial charge in [0.15, 0.2) is 0 Å². The molecule has 1 aromatic rings. The number of benzene rings is 1. The first-order valence-corrected chi connectivity index (χ1v) is 10.7. The topological polar surface area (TPSA) is 42.0 Å². The largest absolute Gasteiger partial charge is 0.497 e. The van der Waals surface area contributed by atoms with Gasteiger partial charge in [0.2, 0.25) is 0 Å². The second kappa shape index (κ2) is 9.58. The van der Waals surface area contributed by atoms with E-state index in [4.69, 9.17) is 9.31 Å². The Hall–Kier alpha value is -1.44. The molecule has 5 nitrogen and oxygen atoms in total. The molecule has 1 aromatic carbocycles. The molecule has 1 fully saturated rings. The highest BCUT2D eigenvalue weighted by Crippen LogP contribution is 2.46. The van der Waals surface area contributed by atoms with Crippen molar-refractivity contribution >= 4 is 18.5 Å². The van der Waals surface area contributed by atoms with Crippen LogP contribution in [-0.4, -0.2) is 68.3 Å². The third-order valence-corrected chi connectivity index (χ3v) is 6.52. The van der Waals surface area contributed by atoms with Crippen molar-refractivity contribution in [2.75, 3.05) is 34.2 Å². The highest BCUT2D eigenvalue weighted by molar-refractivity contribution is 6.62. The van der Waals surface area contributed by atoms with Crippen LogP contribution in [-0.2, 0) is 9.31 Å². The third kappa shape index (κ3) is 4.37. The molecule has 29 heavy (non-hydrogen) atoms. The molecule has 1 aliphatic heterocycles. The van der Waals surface area contributed by atoms with Crippen molar-refractivity contribution in [1.82, 2.24) is 9.80 Å². The van der Waals surface area contributed by atoms with E-state index in [-0.39, 0.29) is 11.5 Å². The highest BCUT2D eigenvalue weighted by atomic mass is 19.1. The van der Waals surface area contributed by atoms with E-state index >= 15 is 4.39 Å². The number of likely N-dealkylation sites (N-methyl/N-ethyl adjacent to an activating group) is 2. The first-order chi connectivity index (χ1) is 13.7. The van der Waals surface area contributed by atoms with Crippen molar-refractivity contribution in [2.45, 2.75) is 64.6 Å². The first-order valence-electron chi connectivity index (χ1n) is 10.7. The molecule has 1 saturated heterocycles. The fourth-order valence-corrected chi connectivity index (χ4v) is 4.45. The maximum atomic E-state index is 15.4. The molecule has 1 aliphatic rings. The lowest BCUT2D eigenvalue weighted by Gasteiger charge is -2.42. The van der Waals surface area contributed by atoms with Crippen molar-refractivity contribution in [1.29, 1.82) is 0 Å². The minimum atomic E-state index is -0.811. The Morgan fingerprint density at radius 1 is 0.966 bits per heavy atom. The Bertz CT molecular complexity index is 685. The molecule has 0 aliphatic carbocycles. The lowest BCUT2D eigenvalue weighted by atomic mass is 9.75. The SMILES string of the molecule is CCC1(CC)OB(c2cccc(C(=O)N(C)CCN(C)C)c2F)OC1(CC)CC. The standard InChI is InChI=1S/C22H36BFN2O3/c1-8-21(9-2)22(10-3,11-4)29-23(28-21)18-14-12-13-17(19(18)24)20(27)26(7)16-15-25(5)6/h12-14H,8-11,15-16H2,1-7H3. The van der Waals surface area contributed by atoms with Crippen LogP contribution in [0.15, 0.2) is 18.2 Å². The zero-order chi connectivity index (χ0) is 21.8. The molecule has 0 saturated carbocycles. The van der Waals surface area contributed by atoms with Crippen LogP contribution in [0.2, 0.25) is 0 Å². The summed E-state index contributed by atoms with van der Waals surface area (Å²) in [6, 6.07) is 4.89. The number of amides is 1. The average molecular weight is 406 g/mol. The Balaban J connectivity index is 2.35. The fourth-order valence-electron chi connectivity index (χ4n) is 4.45. The summed E-state index contributed by atoms with van der Waals surface area (Å²) in [6.45, 7) is 9.59. The smallest absolute Gasteiger partial charge is 0.399 e. The van der Waals surface area contributed by atoms with Gasteiger partial charge in [-0.15, -0.1) is 0 Å². The van der Waals surface area contributed by atoms with Gasteiger partial charge in [-0.25, -0.2) is 4.39 Å². The van der Waals surface area contributed by atoms with Gasteiger partial charge in [0.1, 0.15) is 5.82 Å². The molecule has 7 heteroatoms. The molecule has 0 N–H and O–H groups in total. The van der Waals surface area contributed by atoms with Crippen LogP contribution in [0.3, 0.4) is 0 Å². The molecule has 2 rings (SSSR count). The van der Waals surface area contributed by atoms with E-state index in [9.17, 15) is 4.79 Å². The highest BCUT2D eigenvalue weighted by Gasteiger charge is 2.59. The summed E-state index contributed by atoms with van der Waals surface area (Å²) in [6.07, 6.45) is 3.15. The maximum absolute atomic E-state index is 15.4. The number of nitrogens with zero attached hydrogens (tertiary/aromatic N) is 2. The second-order valence-electron chi connectivity index (χ2n) is 8.21. The van der Waals surface area contributed by atoms with E-state index < -0.39 is 24.1 Å². The fraction of sp³-hybridized carbons (Fsp3) is 0.682. The summed E-state index contributed by atoms with van der Waals surface area (Å²) in [5.74, 6) is -0.887. The van der Waals surface area contributed by atoms with Crippen molar-refractivity contribution in [3.63, 3.8) is 0 Å². The van der Waals surface area contributed by atoms with Crippen LogP contribution in [0.1, 0.15) is 63.7 Å². The van der Waals surface area contributed by atoms with Crippen LogP contribution < -0.4 is 5.46 Å². The quantitative estimate of drug-likeness (QED) is 0.590. The van der Waals surface area contributed by atoms with Gasteiger partial charge < -0.3 is 19.1 Å². The van der Waals surface area contributed by atoms with E-state index in [0.29, 0.717) is 18.6 Å². The number of hydrogen-bond donors (Lipinski definition) is 0. The van der Waals surface area contributed by atoms with Crippen LogP contribution in [0.5, 0.6) is 0 Å². The molecular weight excluding hydrogens is 370 g/mol. The van der Waals surface area contributed by atoms with E-state index in [1.165, 1.54) is 6.07 Å². The molecular formula is C22H36BFN2O3. The van der Waals surface area contributed by atoms with Gasteiger partial charge in [-0.2, -0.15) is 0 Å². The number of carbonyl (C=O) groups is 1. The van der Waals surface area contributed by atoms with Crippen LogP contribution in [0.4, 0.5) is 4.39 Å². The minimum absolute atomic E-state index is 0.0556. The summed E-state index contributed by atoms with van der Waals surface area (Å²) in [7, 11) is 4.76. The Labute approximate surface area is 175 Å². The van der Waals surface area contributed by atoms with E-state index in [1.54, 1.807) is 24.1 Å². The van der Waals surface area contributed by atoms with Gasteiger partial charge in [-0.3, -0.25) is 4.79 Å². The van der Waals surface area contributed by atoms with Gasteiger partial charge in [0.05, 0.1) is 16.8 Å². The minimum Gasteiger partial charge on any atom is -0.399 e. The summed E-state index contributed by atoms with van der Waals surface area (Å²) in [4.78, 5) is 16.3. The van der Waals surface area contributed by atoms with Gasteiger partial charge >= 0.3 is 7.12 Å². The molecule has 0 aromatic heterocycles. The summed E-state index contributed by atoms with van der Waals surface area (Å²) >= 11 is 0. The van der Waals surface area contributed by atoms with Crippen molar-refractivity contribution in [3.8, 4) is 0 Å². The number of halogens is 1. The van der Waals surface area contributed by atoms with Gasteiger partial charge in [0.25, 0.3) is 5.91 Å². The number of hydrogen-bond acceptors (Lipinski definition) is 4. The molecule has 0 bridgehead atoms. The monoisotopic (exact) mass is 406 g/mol. The predicted octanol–water partition coefficient (Wildman–Crippen LogP) is 3.32. The van der Waals surface area contributed by atoms with Gasteiger partial charge in [0, 0.05) is 25.6 Å². The molecule has 0 spiro atoms.